The Hall–Kier alpha value is -3.42. The molecule has 0 spiro atoms. The summed E-state index contributed by atoms with van der Waals surface area (Å²) < 4.78 is 32.5. The van der Waals surface area contributed by atoms with Crippen LogP contribution in [0.4, 0.5) is 8.78 Å². The van der Waals surface area contributed by atoms with E-state index >= 15 is 0 Å². The molecule has 2 aromatic carbocycles. The third kappa shape index (κ3) is 3.46. The van der Waals surface area contributed by atoms with Crippen molar-refractivity contribution < 1.29 is 23.1 Å². The maximum Gasteiger partial charge on any atom is 0.360 e. The van der Waals surface area contributed by atoms with Crippen molar-refractivity contribution >= 4 is 22.5 Å². The minimum atomic E-state index is -1.26. The van der Waals surface area contributed by atoms with Gasteiger partial charge in [-0.2, -0.15) is 5.10 Å². The lowest BCUT2D eigenvalue weighted by Gasteiger charge is -2.13. The van der Waals surface area contributed by atoms with Crippen LogP contribution in [-0.2, 0) is 11.8 Å². The number of benzene rings is 2. The average molecular weight is 372 g/mol. The van der Waals surface area contributed by atoms with Crippen molar-refractivity contribution in [2.75, 3.05) is 0 Å². The molecule has 0 aliphatic heterocycles. The number of carbonyl (C=O) groups excluding carboxylic acids is 2. The highest BCUT2D eigenvalue weighted by Crippen LogP contribution is 2.16. The predicted molar refractivity (Wildman–Crippen MR) is 92.6 cm³/mol. The quantitative estimate of drug-likeness (QED) is 0.520. The molecule has 6 nitrogen and oxygen atoms in total. The van der Waals surface area contributed by atoms with Crippen LogP contribution < -0.4 is 5.56 Å². The molecular weight excluding hydrogens is 358 g/mol. The first-order valence-electron chi connectivity index (χ1n) is 7.96. The Kier molecular flexibility index (Phi) is 4.81. The standard InChI is InChI=1S/C19H14F2N2O4/c1-10(17(24)11-7-8-14(20)15(21)9-11)27-19(26)16-12-5-3-4-6-13(12)18(25)23(2)22-16/h3-10H,1-2H3. The Morgan fingerprint density at radius 3 is 2.41 bits per heavy atom. The normalized spacial score (nSPS) is 12.0. The van der Waals surface area contributed by atoms with E-state index < -0.39 is 29.5 Å². The smallest absolute Gasteiger partial charge is 0.360 e. The van der Waals surface area contributed by atoms with Gasteiger partial charge in [-0.15, -0.1) is 0 Å². The molecule has 0 fully saturated rings. The van der Waals surface area contributed by atoms with Crippen molar-refractivity contribution in [3.8, 4) is 0 Å². The lowest BCUT2D eigenvalue weighted by atomic mass is 10.1. The zero-order valence-corrected chi connectivity index (χ0v) is 14.4. The number of aromatic nitrogens is 2. The van der Waals surface area contributed by atoms with E-state index in [1.54, 1.807) is 24.3 Å². The van der Waals surface area contributed by atoms with Gasteiger partial charge in [0.1, 0.15) is 0 Å². The van der Waals surface area contributed by atoms with Crippen LogP contribution in [0.1, 0.15) is 27.8 Å². The number of Topliss-reactive ketones (excluding diaryl/α,β-unsaturated/α-hetero) is 1. The number of hydrogen-bond acceptors (Lipinski definition) is 5. The first kappa shape index (κ1) is 18.4. The molecule has 0 aliphatic carbocycles. The van der Waals surface area contributed by atoms with E-state index in [-0.39, 0.29) is 27.6 Å². The summed E-state index contributed by atoms with van der Waals surface area (Å²) in [5.74, 6) is -3.87. The first-order valence-corrected chi connectivity index (χ1v) is 7.96. The summed E-state index contributed by atoms with van der Waals surface area (Å²) in [6.45, 7) is 1.31. The molecule has 0 N–H and O–H groups in total. The molecule has 0 radical (unpaired) electrons. The summed E-state index contributed by atoms with van der Waals surface area (Å²) in [6.07, 6.45) is -1.26. The minimum absolute atomic E-state index is 0.127. The van der Waals surface area contributed by atoms with Gasteiger partial charge in [0, 0.05) is 18.0 Å². The van der Waals surface area contributed by atoms with Crippen molar-refractivity contribution in [3.63, 3.8) is 0 Å². The Bertz CT molecular complexity index is 1120. The van der Waals surface area contributed by atoms with Crippen LogP contribution in [0.5, 0.6) is 0 Å². The highest BCUT2D eigenvalue weighted by atomic mass is 19.2. The average Bonchev–Trinajstić information content (AvgIpc) is 2.66. The van der Waals surface area contributed by atoms with Gasteiger partial charge in [0.05, 0.1) is 5.39 Å². The summed E-state index contributed by atoms with van der Waals surface area (Å²) in [6, 6.07) is 9.03. The van der Waals surface area contributed by atoms with E-state index in [1.807, 2.05) is 0 Å². The highest BCUT2D eigenvalue weighted by Gasteiger charge is 2.24. The number of carbonyl (C=O) groups is 2. The van der Waals surface area contributed by atoms with E-state index in [0.29, 0.717) is 0 Å². The molecule has 1 aromatic heterocycles. The van der Waals surface area contributed by atoms with Crippen molar-refractivity contribution in [2.45, 2.75) is 13.0 Å². The van der Waals surface area contributed by atoms with Crippen LogP contribution in [0, 0.1) is 11.6 Å². The maximum absolute atomic E-state index is 13.3. The summed E-state index contributed by atoms with van der Waals surface area (Å²) >= 11 is 0. The van der Waals surface area contributed by atoms with Gasteiger partial charge in [-0.05, 0) is 31.2 Å². The molecule has 1 unspecified atom stereocenters. The van der Waals surface area contributed by atoms with Crippen molar-refractivity contribution in [2.24, 2.45) is 7.05 Å². The van der Waals surface area contributed by atoms with Gasteiger partial charge in [-0.1, -0.05) is 18.2 Å². The Morgan fingerprint density at radius 2 is 1.74 bits per heavy atom. The van der Waals surface area contributed by atoms with Crippen LogP contribution in [0.15, 0.2) is 47.3 Å². The third-order valence-electron chi connectivity index (χ3n) is 4.01. The zero-order chi connectivity index (χ0) is 19.7. The maximum atomic E-state index is 13.3. The molecule has 0 amide bonds. The van der Waals surface area contributed by atoms with E-state index in [4.69, 9.17) is 4.74 Å². The third-order valence-corrected chi connectivity index (χ3v) is 4.01. The fourth-order valence-corrected chi connectivity index (χ4v) is 2.60. The van der Waals surface area contributed by atoms with Crippen molar-refractivity contribution in [1.29, 1.82) is 0 Å². The SMILES string of the molecule is CC(OC(=O)c1nn(C)c(=O)c2ccccc12)C(=O)c1ccc(F)c(F)c1. The molecule has 8 heteroatoms. The summed E-state index contributed by atoms with van der Waals surface area (Å²) in [7, 11) is 1.39. The number of esters is 1. The van der Waals surface area contributed by atoms with E-state index in [0.717, 1.165) is 22.9 Å². The molecule has 0 aliphatic rings. The second-order valence-electron chi connectivity index (χ2n) is 5.86. The number of aryl methyl sites for hydroxylation is 1. The monoisotopic (exact) mass is 372 g/mol. The number of ketones is 1. The van der Waals surface area contributed by atoms with Crippen LogP contribution in [0.25, 0.3) is 10.8 Å². The lowest BCUT2D eigenvalue weighted by molar-refractivity contribution is 0.0313. The van der Waals surface area contributed by atoms with Gasteiger partial charge in [-0.25, -0.2) is 18.3 Å². The number of fused-ring (bicyclic) bond motifs is 1. The molecule has 1 heterocycles. The molecule has 0 saturated carbocycles. The molecule has 138 valence electrons. The largest absolute Gasteiger partial charge is 0.449 e. The Morgan fingerprint density at radius 1 is 1.07 bits per heavy atom. The fraction of sp³-hybridized carbons (Fsp3) is 0.158. The summed E-state index contributed by atoms with van der Waals surface area (Å²) in [5.41, 5.74) is -0.641. The molecule has 3 rings (SSSR count). The number of ether oxygens (including phenoxy) is 1. The fourth-order valence-electron chi connectivity index (χ4n) is 2.60. The topological polar surface area (TPSA) is 78.3 Å². The number of rotatable bonds is 4. The molecule has 0 bridgehead atoms. The second-order valence-corrected chi connectivity index (χ2v) is 5.86. The van der Waals surface area contributed by atoms with Crippen LogP contribution >= 0.6 is 0 Å². The highest BCUT2D eigenvalue weighted by molar-refractivity contribution is 6.05. The Labute approximate surface area is 152 Å². The van der Waals surface area contributed by atoms with E-state index in [9.17, 15) is 23.2 Å². The van der Waals surface area contributed by atoms with Crippen LogP contribution in [-0.4, -0.2) is 27.6 Å². The summed E-state index contributed by atoms with van der Waals surface area (Å²) in [5, 5.41) is 4.49. The van der Waals surface area contributed by atoms with Crippen LogP contribution in [0.3, 0.4) is 0 Å². The number of hydrogen-bond donors (Lipinski definition) is 0. The second kappa shape index (κ2) is 7.06. The molecule has 3 aromatic rings. The molecular formula is C19H14F2N2O4. The Balaban J connectivity index is 1.90. The minimum Gasteiger partial charge on any atom is -0.449 e. The first-order chi connectivity index (χ1) is 12.8. The predicted octanol–water partition coefficient (Wildman–Crippen LogP) is 2.64. The van der Waals surface area contributed by atoms with Gasteiger partial charge >= 0.3 is 5.97 Å². The van der Waals surface area contributed by atoms with E-state index in [1.165, 1.54) is 14.0 Å². The van der Waals surface area contributed by atoms with Gasteiger partial charge in [-0.3, -0.25) is 9.59 Å². The van der Waals surface area contributed by atoms with Gasteiger partial charge in [0.25, 0.3) is 5.56 Å². The molecule has 27 heavy (non-hydrogen) atoms. The van der Waals surface area contributed by atoms with Crippen LogP contribution in [0.2, 0.25) is 0 Å². The zero-order valence-electron chi connectivity index (χ0n) is 14.4. The number of halogens is 2. The van der Waals surface area contributed by atoms with Crippen molar-refractivity contribution in [3.05, 3.63) is 75.7 Å². The van der Waals surface area contributed by atoms with Gasteiger partial charge in [0.15, 0.2) is 23.4 Å². The lowest BCUT2D eigenvalue weighted by Crippen LogP contribution is -2.28. The summed E-state index contributed by atoms with van der Waals surface area (Å²) in [4.78, 5) is 36.9. The number of nitrogens with zero attached hydrogens (tertiary/aromatic N) is 2. The molecule has 0 saturated heterocycles. The van der Waals surface area contributed by atoms with Gasteiger partial charge < -0.3 is 4.74 Å². The van der Waals surface area contributed by atoms with Gasteiger partial charge in [0.2, 0.25) is 5.78 Å². The van der Waals surface area contributed by atoms with Crippen molar-refractivity contribution in [1.82, 2.24) is 9.78 Å². The molecule has 1 atom stereocenters. The van der Waals surface area contributed by atoms with E-state index in [2.05, 4.69) is 5.10 Å².